The Kier molecular flexibility index (Phi) is 3.99. The van der Waals surface area contributed by atoms with Crippen LogP contribution < -0.4 is 5.73 Å². The monoisotopic (exact) mass is 270 g/mol. The molecule has 100 valence electrons. The first-order chi connectivity index (χ1) is 8.53. The molecule has 2 unspecified atom stereocenters. The molecule has 0 radical (unpaired) electrons. The van der Waals surface area contributed by atoms with Gasteiger partial charge in [0, 0.05) is 19.3 Å². The number of nitrogens with two attached hydrogens (primary N) is 1. The molecule has 2 atom stereocenters. The van der Waals surface area contributed by atoms with Gasteiger partial charge in [0.1, 0.15) is 0 Å². The van der Waals surface area contributed by atoms with Gasteiger partial charge in [-0.2, -0.15) is 0 Å². The number of ether oxygens (including phenoxy) is 1. The zero-order valence-electron chi connectivity index (χ0n) is 10.4. The van der Waals surface area contributed by atoms with Gasteiger partial charge in [-0.05, 0) is 31.0 Å². The standard InChI is InChI=1S/C12H18N2O3S/c1-9-12(3-5-17-9)18(15,16)8-10-2-4-14-11(6-10)7-13/h2,4,6,9,12H,3,5,7-8,13H2,1H3. The maximum absolute atomic E-state index is 12.3. The van der Waals surface area contributed by atoms with Crippen molar-refractivity contribution in [3.8, 4) is 0 Å². The van der Waals surface area contributed by atoms with Gasteiger partial charge < -0.3 is 10.5 Å². The molecule has 5 nitrogen and oxygen atoms in total. The molecule has 6 heteroatoms. The molecule has 0 bridgehead atoms. The fourth-order valence-corrected chi connectivity index (χ4v) is 4.23. The van der Waals surface area contributed by atoms with Gasteiger partial charge in [-0.25, -0.2) is 8.42 Å². The lowest BCUT2D eigenvalue weighted by Gasteiger charge is -2.15. The van der Waals surface area contributed by atoms with Gasteiger partial charge in [0.15, 0.2) is 9.84 Å². The summed E-state index contributed by atoms with van der Waals surface area (Å²) >= 11 is 0. The first kappa shape index (κ1) is 13.5. The summed E-state index contributed by atoms with van der Waals surface area (Å²) in [7, 11) is -3.18. The van der Waals surface area contributed by atoms with Crippen LogP contribution in [-0.2, 0) is 26.9 Å². The van der Waals surface area contributed by atoms with E-state index < -0.39 is 15.1 Å². The van der Waals surface area contributed by atoms with Gasteiger partial charge in [0.25, 0.3) is 0 Å². The fourth-order valence-electron chi connectivity index (χ4n) is 2.25. The molecule has 1 fully saturated rings. The molecule has 1 saturated heterocycles. The summed E-state index contributed by atoms with van der Waals surface area (Å²) in [6.45, 7) is 2.65. The highest BCUT2D eigenvalue weighted by molar-refractivity contribution is 7.91. The number of pyridine rings is 1. The molecule has 0 saturated carbocycles. The van der Waals surface area contributed by atoms with Crippen molar-refractivity contribution in [1.82, 2.24) is 4.98 Å². The van der Waals surface area contributed by atoms with Crippen LogP contribution in [0.3, 0.4) is 0 Å². The maximum atomic E-state index is 12.3. The summed E-state index contributed by atoms with van der Waals surface area (Å²) in [6, 6.07) is 3.47. The van der Waals surface area contributed by atoms with Crippen molar-refractivity contribution in [2.24, 2.45) is 5.73 Å². The molecule has 2 N–H and O–H groups in total. The number of sulfone groups is 1. The molecule has 0 aromatic carbocycles. The average Bonchev–Trinajstić information content (AvgIpc) is 2.76. The van der Waals surface area contributed by atoms with Crippen molar-refractivity contribution in [2.75, 3.05) is 6.61 Å². The van der Waals surface area contributed by atoms with Gasteiger partial charge in [0.2, 0.25) is 0 Å². The van der Waals surface area contributed by atoms with Crippen molar-refractivity contribution in [3.05, 3.63) is 29.6 Å². The Morgan fingerprint density at radius 1 is 1.56 bits per heavy atom. The van der Waals surface area contributed by atoms with E-state index in [1.165, 1.54) is 0 Å². The van der Waals surface area contributed by atoms with E-state index in [4.69, 9.17) is 10.5 Å². The molecule has 0 aliphatic carbocycles. The molecular formula is C12H18N2O3S. The van der Waals surface area contributed by atoms with E-state index in [-0.39, 0.29) is 11.9 Å². The van der Waals surface area contributed by atoms with E-state index in [0.717, 1.165) is 5.56 Å². The first-order valence-corrected chi connectivity index (χ1v) is 7.71. The zero-order valence-corrected chi connectivity index (χ0v) is 11.2. The second-order valence-electron chi connectivity index (χ2n) is 4.57. The minimum atomic E-state index is -3.18. The van der Waals surface area contributed by atoms with Crippen LogP contribution in [0.4, 0.5) is 0 Å². The average molecular weight is 270 g/mol. The molecular weight excluding hydrogens is 252 g/mol. The fraction of sp³-hybridized carbons (Fsp3) is 0.583. The molecule has 1 aromatic rings. The Hall–Kier alpha value is -0.980. The molecule has 0 spiro atoms. The Bertz CT molecular complexity index is 516. The van der Waals surface area contributed by atoms with Crippen LogP contribution in [0.5, 0.6) is 0 Å². The lowest BCUT2D eigenvalue weighted by Crippen LogP contribution is -2.29. The van der Waals surface area contributed by atoms with Crippen molar-refractivity contribution in [1.29, 1.82) is 0 Å². The van der Waals surface area contributed by atoms with Crippen LogP contribution >= 0.6 is 0 Å². The van der Waals surface area contributed by atoms with Crippen LogP contribution in [-0.4, -0.2) is 31.4 Å². The topological polar surface area (TPSA) is 82.3 Å². The summed E-state index contributed by atoms with van der Waals surface area (Å²) in [5.74, 6) is 0.0287. The van der Waals surface area contributed by atoms with Gasteiger partial charge in [0.05, 0.1) is 22.8 Å². The Morgan fingerprint density at radius 3 is 2.94 bits per heavy atom. The van der Waals surface area contributed by atoms with Crippen molar-refractivity contribution >= 4 is 9.84 Å². The molecule has 2 heterocycles. The van der Waals surface area contributed by atoms with Crippen molar-refractivity contribution < 1.29 is 13.2 Å². The van der Waals surface area contributed by atoms with E-state index in [1.807, 2.05) is 6.92 Å². The molecule has 2 rings (SSSR count). The second-order valence-corrected chi connectivity index (χ2v) is 6.79. The summed E-state index contributed by atoms with van der Waals surface area (Å²) in [6.07, 6.45) is 1.96. The summed E-state index contributed by atoms with van der Waals surface area (Å²) in [4.78, 5) is 4.06. The molecule has 18 heavy (non-hydrogen) atoms. The van der Waals surface area contributed by atoms with Gasteiger partial charge in [-0.1, -0.05) is 0 Å². The Labute approximate surface area is 107 Å². The maximum Gasteiger partial charge on any atom is 0.159 e. The van der Waals surface area contributed by atoms with Gasteiger partial charge in [-0.3, -0.25) is 4.98 Å². The number of aromatic nitrogens is 1. The van der Waals surface area contributed by atoms with Crippen LogP contribution in [0.25, 0.3) is 0 Å². The molecule has 0 amide bonds. The van der Waals surface area contributed by atoms with Crippen molar-refractivity contribution in [2.45, 2.75) is 37.0 Å². The number of nitrogens with zero attached hydrogens (tertiary/aromatic N) is 1. The lowest BCUT2D eigenvalue weighted by atomic mass is 10.2. The third-order valence-corrected chi connectivity index (χ3v) is 5.50. The van der Waals surface area contributed by atoms with Gasteiger partial charge in [-0.15, -0.1) is 0 Å². The van der Waals surface area contributed by atoms with Crippen LogP contribution in [0.15, 0.2) is 18.3 Å². The zero-order chi connectivity index (χ0) is 13.2. The smallest absolute Gasteiger partial charge is 0.159 e. The van der Waals surface area contributed by atoms with Crippen molar-refractivity contribution in [3.63, 3.8) is 0 Å². The number of rotatable bonds is 4. The largest absolute Gasteiger partial charge is 0.377 e. The number of hydrogen-bond donors (Lipinski definition) is 1. The molecule has 1 aliphatic rings. The van der Waals surface area contributed by atoms with E-state index in [2.05, 4.69) is 4.98 Å². The Balaban J connectivity index is 2.16. The Morgan fingerprint density at radius 2 is 2.33 bits per heavy atom. The SMILES string of the molecule is CC1OCCC1S(=O)(=O)Cc1ccnc(CN)c1. The van der Waals surface area contributed by atoms with E-state index in [1.54, 1.807) is 18.3 Å². The first-order valence-electron chi connectivity index (χ1n) is 6.00. The summed E-state index contributed by atoms with van der Waals surface area (Å²) in [5, 5.41) is -0.396. The highest BCUT2D eigenvalue weighted by atomic mass is 32.2. The molecule has 1 aliphatic heterocycles. The summed E-state index contributed by atoms with van der Waals surface area (Å²) < 4.78 is 29.9. The predicted molar refractivity (Wildman–Crippen MR) is 68.6 cm³/mol. The van der Waals surface area contributed by atoms with Crippen LogP contribution in [0, 0.1) is 0 Å². The van der Waals surface area contributed by atoms with Crippen LogP contribution in [0.2, 0.25) is 0 Å². The van der Waals surface area contributed by atoms with Gasteiger partial charge >= 0.3 is 0 Å². The third kappa shape index (κ3) is 2.88. The quantitative estimate of drug-likeness (QED) is 0.868. The second kappa shape index (κ2) is 5.34. The minimum Gasteiger partial charge on any atom is -0.377 e. The molecule has 1 aromatic heterocycles. The van der Waals surface area contributed by atoms with Crippen LogP contribution in [0.1, 0.15) is 24.6 Å². The van der Waals surface area contributed by atoms with E-state index in [9.17, 15) is 8.42 Å². The summed E-state index contributed by atoms with van der Waals surface area (Å²) in [5.41, 5.74) is 6.94. The number of hydrogen-bond acceptors (Lipinski definition) is 5. The van der Waals surface area contributed by atoms with E-state index in [0.29, 0.717) is 25.3 Å². The highest BCUT2D eigenvalue weighted by Crippen LogP contribution is 2.24. The lowest BCUT2D eigenvalue weighted by molar-refractivity contribution is 0.126. The minimum absolute atomic E-state index is 0.0287. The predicted octanol–water partition coefficient (Wildman–Crippen LogP) is 0.633. The van der Waals surface area contributed by atoms with E-state index >= 15 is 0 Å². The third-order valence-electron chi connectivity index (χ3n) is 3.23. The normalized spacial score (nSPS) is 24.3. The highest BCUT2D eigenvalue weighted by Gasteiger charge is 2.35.